The molecule has 4 aromatic carbocycles. The third-order valence-corrected chi connectivity index (χ3v) is 9.88. The van der Waals surface area contributed by atoms with Gasteiger partial charge >= 0.3 is 0 Å². The number of halogens is 2. The molecule has 11 heteroatoms. The van der Waals surface area contributed by atoms with E-state index in [2.05, 4.69) is 49.9 Å². The molecule has 5 aromatic rings. The van der Waals surface area contributed by atoms with Crippen LogP contribution in [0.25, 0.3) is 6.08 Å². The van der Waals surface area contributed by atoms with Crippen LogP contribution in [0.5, 0.6) is 11.5 Å². The molecule has 1 amide bonds. The number of hydrogen-bond acceptors (Lipinski definition) is 7. The van der Waals surface area contributed by atoms with Crippen molar-refractivity contribution in [3.8, 4) is 17.6 Å². The number of allylic oxidation sites excluding steroid dienone is 1. The topological polar surface area (TPSA) is 106 Å². The first-order chi connectivity index (χ1) is 23.3. The van der Waals surface area contributed by atoms with Crippen LogP contribution < -0.4 is 29.7 Å². The van der Waals surface area contributed by atoms with Crippen molar-refractivity contribution in [3.63, 3.8) is 0 Å². The monoisotopic (exact) mass is 830 g/mol. The van der Waals surface area contributed by atoms with E-state index in [-0.39, 0.29) is 18.1 Å². The molecule has 0 radical (unpaired) electrons. The number of carbonyl (C=O) groups is 1. The van der Waals surface area contributed by atoms with Crippen molar-refractivity contribution in [3.05, 3.63) is 152 Å². The lowest BCUT2D eigenvalue weighted by Crippen LogP contribution is -2.40. The molecular formula is C37H28BrIN4O4S. The standard InChI is InChI=1S/C37H28BrIN4O4S/c1-3-46-29-15-13-23(14-16-29)33-32(35(44)42-28-11-5-4-6-12-28)22(2)41-37-43(33)36(45)31(48-37)18-26-17-27(38)19-30(39)34(26)47-21-25-10-8-7-9-24(25)20-40/h4-19,33H,3,21H2,1-2H3,(H,42,44)/b31-18-/t33-/m1/s1. The summed E-state index contributed by atoms with van der Waals surface area (Å²) < 4.78 is 15.6. The molecule has 0 saturated carbocycles. The first-order valence-electron chi connectivity index (χ1n) is 15.0. The van der Waals surface area contributed by atoms with E-state index in [1.807, 2.05) is 91.9 Å². The Morgan fingerprint density at radius 1 is 1.08 bits per heavy atom. The maximum atomic E-state index is 14.4. The molecule has 0 spiro atoms. The summed E-state index contributed by atoms with van der Waals surface area (Å²) in [6.07, 6.45) is 1.79. The largest absolute Gasteiger partial charge is 0.494 e. The van der Waals surface area contributed by atoms with E-state index in [1.165, 1.54) is 11.3 Å². The van der Waals surface area contributed by atoms with Crippen molar-refractivity contribution < 1.29 is 14.3 Å². The van der Waals surface area contributed by atoms with E-state index in [0.717, 1.165) is 19.2 Å². The van der Waals surface area contributed by atoms with Crippen LogP contribution in [-0.4, -0.2) is 17.1 Å². The third kappa shape index (κ3) is 7.01. The lowest BCUT2D eigenvalue weighted by atomic mass is 9.95. The van der Waals surface area contributed by atoms with Crippen LogP contribution in [0.3, 0.4) is 0 Å². The first-order valence-corrected chi connectivity index (χ1v) is 17.7. The van der Waals surface area contributed by atoms with Crippen molar-refractivity contribution in [2.24, 2.45) is 4.99 Å². The molecule has 1 atom stereocenters. The van der Waals surface area contributed by atoms with Crippen LogP contribution >= 0.6 is 49.9 Å². The van der Waals surface area contributed by atoms with Gasteiger partial charge in [-0.15, -0.1) is 0 Å². The fourth-order valence-electron chi connectivity index (χ4n) is 5.45. The second-order valence-corrected chi connectivity index (χ2v) is 13.9. The summed E-state index contributed by atoms with van der Waals surface area (Å²) in [6.45, 7) is 4.40. The molecule has 1 aliphatic rings. The number of nitriles is 1. The molecule has 1 aliphatic heterocycles. The second kappa shape index (κ2) is 14.7. The van der Waals surface area contributed by atoms with Gasteiger partial charge in [0.2, 0.25) is 0 Å². The zero-order chi connectivity index (χ0) is 33.8. The normalized spacial score (nSPS) is 14.1. The Kier molecular flexibility index (Phi) is 10.2. The van der Waals surface area contributed by atoms with Gasteiger partial charge < -0.3 is 14.8 Å². The molecule has 2 heterocycles. The maximum absolute atomic E-state index is 14.4. The third-order valence-electron chi connectivity index (χ3n) is 7.64. The number of amides is 1. The number of para-hydroxylation sites is 1. The Morgan fingerprint density at radius 3 is 2.54 bits per heavy atom. The van der Waals surface area contributed by atoms with Crippen LogP contribution in [0, 0.1) is 14.9 Å². The van der Waals surface area contributed by atoms with Crippen LogP contribution in [0.15, 0.2) is 117 Å². The van der Waals surface area contributed by atoms with Crippen molar-refractivity contribution in [2.75, 3.05) is 11.9 Å². The zero-order valence-electron chi connectivity index (χ0n) is 25.9. The predicted octanol–water partition coefficient (Wildman–Crippen LogP) is 7.09. The Morgan fingerprint density at radius 2 is 1.81 bits per heavy atom. The summed E-state index contributed by atoms with van der Waals surface area (Å²) in [7, 11) is 0. The molecule has 0 aliphatic carbocycles. The highest BCUT2D eigenvalue weighted by atomic mass is 127. The molecule has 0 fully saturated rings. The number of anilines is 1. The summed E-state index contributed by atoms with van der Waals surface area (Å²) in [5, 5.41) is 12.5. The number of fused-ring (bicyclic) bond motifs is 1. The molecule has 1 N–H and O–H groups in total. The first kappa shape index (κ1) is 33.4. The van der Waals surface area contributed by atoms with Gasteiger partial charge in [-0.2, -0.15) is 5.26 Å². The van der Waals surface area contributed by atoms with Crippen molar-refractivity contribution >= 4 is 67.5 Å². The van der Waals surface area contributed by atoms with Crippen LogP contribution in [0.4, 0.5) is 5.69 Å². The Balaban J connectivity index is 1.46. The average molecular weight is 832 g/mol. The van der Waals surface area contributed by atoms with E-state index in [0.29, 0.717) is 55.5 Å². The van der Waals surface area contributed by atoms with Gasteiger partial charge in [0.15, 0.2) is 4.80 Å². The molecule has 240 valence electrons. The number of rotatable bonds is 9. The predicted molar refractivity (Wildman–Crippen MR) is 199 cm³/mol. The number of nitrogens with zero attached hydrogens (tertiary/aromatic N) is 3. The number of ether oxygens (including phenoxy) is 2. The molecule has 6 rings (SSSR count). The van der Waals surface area contributed by atoms with Gasteiger partial charge in [-0.1, -0.05) is 75.8 Å². The summed E-state index contributed by atoms with van der Waals surface area (Å²) in [4.78, 5) is 33.5. The molecule has 0 saturated heterocycles. The minimum Gasteiger partial charge on any atom is -0.494 e. The fraction of sp³-hybridized carbons (Fsp3) is 0.135. The second-order valence-electron chi connectivity index (χ2n) is 10.8. The van der Waals surface area contributed by atoms with E-state index >= 15 is 0 Å². The number of nitrogens with one attached hydrogen (secondary N) is 1. The molecule has 1 aromatic heterocycles. The molecule has 48 heavy (non-hydrogen) atoms. The van der Waals surface area contributed by atoms with Gasteiger partial charge in [0.05, 0.1) is 43.7 Å². The van der Waals surface area contributed by atoms with Gasteiger partial charge in [-0.3, -0.25) is 14.2 Å². The number of hydrogen-bond donors (Lipinski definition) is 1. The number of carbonyl (C=O) groups excluding carboxylic acids is 1. The SMILES string of the molecule is CCOc1ccc([C@@H]2C(C(=O)Nc3ccccc3)=C(C)N=c3s/c(=C\c4cc(Br)cc(I)c4OCc4ccccc4C#N)c(=O)n32)cc1. The summed E-state index contributed by atoms with van der Waals surface area (Å²) in [5.74, 6) is 0.934. The summed E-state index contributed by atoms with van der Waals surface area (Å²) >= 11 is 7.04. The average Bonchev–Trinajstić information content (AvgIpc) is 3.38. The Labute approximate surface area is 303 Å². The smallest absolute Gasteiger partial charge is 0.271 e. The summed E-state index contributed by atoms with van der Waals surface area (Å²) in [6, 6.07) is 29.2. The van der Waals surface area contributed by atoms with Gasteiger partial charge in [0.25, 0.3) is 11.5 Å². The number of aromatic nitrogens is 1. The van der Waals surface area contributed by atoms with E-state index in [9.17, 15) is 14.9 Å². The lowest BCUT2D eigenvalue weighted by Gasteiger charge is -2.25. The van der Waals surface area contributed by atoms with Crippen LogP contribution in [-0.2, 0) is 11.4 Å². The number of benzene rings is 4. The highest BCUT2D eigenvalue weighted by Crippen LogP contribution is 2.33. The molecule has 0 unspecified atom stereocenters. The minimum atomic E-state index is -0.733. The van der Waals surface area contributed by atoms with Crippen LogP contribution in [0.2, 0.25) is 0 Å². The molecule has 0 bridgehead atoms. The van der Waals surface area contributed by atoms with E-state index < -0.39 is 6.04 Å². The van der Waals surface area contributed by atoms with Gasteiger partial charge in [-0.25, -0.2) is 4.99 Å². The highest BCUT2D eigenvalue weighted by Gasteiger charge is 2.32. The summed E-state index contributed by atoms with van der Waals surface area (Å²) in [5.41, 5.74) is 3.98. The van der Waals surface area contributed by atoms with Crippen LogP contribution in [0.1, 0.15) is 42.1 Å². The molecule has 8 nitrogen and oxygen atoms in total. The quantitative estimate of drug-likeness (QED) is 0.160. The Bertz CT molecular complexity index is 2280. The lowest BCUT2D eigenvalue weighted by molar-refractivity contribution is -0.113. The zero-order valence-corrected chi connectivity index (χ0v) is 30.4. The van der Waals surface area contributed by atoms with E-state index in [4.69, 9.17) is 14.5 Å². The number of thiazole rings is 1. The Hall–Kier alpha value is -4.51. The van der Waals surface area contributed by atoms with E-state index in [1.54, 1.807) is 23.6 Å². The fourth-order valence-corrected chi connectivity index (χ4v) is 8.19. The van der Waals surface area contributed by atoms with Gasteiger partial charge in [0.1, 0.15) is 18.1 Å². The molecular weight excluding hydrogens is 803 g/mol. The van der Waals surface area contributed by atoms with Crippen molar-refractivity contribution in [1.29, 1.82) is 5.26 Å². The minimum absolute atomic E-state index is 0.181. The van der Waals surface area contributed by atoms with Gasteiger partial charge in [0, 0.05) is 21.3 Å². The van der Waals surface area contributed by atoms with Gasteiger partial charge in [-0.05, 0) is 90.5 Å². The van der Waals surface area contributed by atoms with Crippen molar-refractivity contribution in [2.45, 2.75) is 26.5 Å². The highest BCUT2D eigenvalue weighted by molar-refractivity contribution is 14.1. The van der Waals surface area contributed by atoms with Crippen molar-refractivity contribution in [1.82, 2.24) is 4.57 Å². The maximum Gasteiger partial charge on any atom is 0.271 e.